The molecule has 0 heterocycles. The topological polar surface area (TPSA) is 123 Å². The Morgan fingerprint density at radius 3 is 2.49 bits per heavy atom. The van der Waals surface area contributed by atoms with E-state index < -0.39 is 12.1 Å². The van der Waals surface area contributed by atoms with E-state index in [9.17, 15) is 24.9 Å². The Labute approximate surface area is 241 Å². The first-order valence-electron chi connectivity index (χ1n) is 14.5. The third kappa shape index (κ3) is 7.61. The van der Waals surface area contributed by atoms with Gasteiger partial charge in [-0.1, -0.05) is 18.2 Å². The van der Waals surface area contributed by atoms with Crippen LogP contribution in [0.4, 0.5) is 0 Å². The van der Waals surface area contributed by atoms with Gasteiger partial charge in [-0.3, -0.25) is 9.59 Å². The molecule has 8 nitrogen and oxygen atoms in total. The third-order valence-electron chi connectivity index (χ3n) is 8.66. The zero-order valence-electron chi connectivity index (χ0n) is 24.2. The summed E-state index contributed by atoms with van der Waals surface area (Å²) in [6, 6.07) is 8.65. The number of aliphatic hydroxyl groups is 1. The normalized spacial score (nSPS) is 22.1. The van der Waals surface area contributed by atoms with Crippen LogP contribution in [0.15, 0.2) is 36.4 Å². The standard InChI is InChI=1S/C33H42O8/c1-20(35)41-26(10-5-21-6-11-30(37)32(15-21)39-2)17-25(36)18-29-27-14-22(12-13-34)4-7-23(27)8-9-24-16-31(38)33(40-3)19-28(24)29/h6,8-9,11,15-16,19,22-23,26-27,29,34,37-38H,4-5,7,10,12-14,17-18H2,1-3H3/t22-,23-,26+,27-,29-/m0/s1. The average Bonchev–Trinajstić information content (AvgIpc) is 3.08. The zero-order valence-corrected chi connectivity index (χ0v) is 24.2. The Morgan fingerprint density at radius 1 is 1.02 bits per heavy atom. The number of carbonyl (C=O) groups is 2. The molecule has 0 unspecified atom stereocenters. The highest BCUT2D eigenvalue weighted by atomic mass is 16.5. The van der Waals surface area contributed by atoms with Gasteiger partial charge >= 0.3 is 5.97 Å². The Kier molecular flexibility index (Phi) is 10.3. The Balaban J connectivity index is 1.56. The van der Waals surface area contributed by atoms with Crippen LogP contribution in [0.5, 0.6) is 23.0 Å². The zero-order chi connectivity index (χ0) is 29.5. The number of Topliss-reactive ketones (excluding diaryl/α,β-unsaturated/α-hetero) is 1. The number of ether oxygens (including phenoxy) is 3. The molecular formula is C33H42O8. The van der Waals surface area contributed by atoms with Crippen LogP contribution < -0.4 is 9.47 Å². The summed E-state index contributed by atoms with van der Waals surface area (Å²) in [4.78, 5) is 25.6. The molecule has 0 aliphatic heterocycles. The number of aromatic hydroxyl groups is 2. The molecule has 0 spiro atoms. The molecule has 2 aliphatic rings. The van der Waals surface area contributed by atoms with Crippen LogP contribution in [0.2, 0.25) is 0 Å². The molecule has 0 bridgehead atoms. The number of aliphatic hydroxyl groups excluding tert-OH is 1. The summed E-state index contributed by atoms with van der Waals surface area (Å²) >= 11 is 0. The third-order valence-corrected chi connectivity index (χ3v) is 8.66. The van der Waals surface area contributed by atoms with Crippen molar-refractivity contribution in [2.75, 3.05) is 20.8 Å². The molecule has 0 saturated heterocycles. The number of hydrogen-bond acceptors (Lipinski definition) is 8. The van der Waals surface area contributed by atoms with Crippen LogP contribution in [0.3, 0.4) is 0 Å². The number of allylic oxidation sites excluding steroid dienone is 1. The second-order valence-corrected chi connectivity index (χ2v) is 11.4. The number of phenols is 2. The predicted molar refractivity (Wildman–Crippen MR) is 155 cm³/mol. The maximum Gasteiger partial charge on any atom is 0.302 e. The first-order chi connectivity index (χ1) is 19.7. The fourth-order valence-corrected chi connectivity index (χ4v) is 6.64. The number of ketones is 1. The Morgan fingerprint density at radius 2 is 1.78 bits per heavy atom. The van der Waals surface area contributed by atoms with Crippen molar-refractivity contribution in [1.29, 1.82) is 0 Å². The highest BCUT2D eigenvalue weighted by Gasteiger charge is 2.38. The van der Waals surface area contributed by atoms with Crippen LogP contribution >= 0.6 is 0 Å². The van der Waals surface area contributed by atoms with E-state index in [1.54, 1.807) is 24.3 Å². The van der Waals surface area contributed by atoms with Gasteiger partial charge in [0.15, 0.2) is 23.0 Å². The van der Waals surface area contributed by atoms with E-state index in [0.717, 1.165) is 42.4 Å². The molecule has 2 aromatic rings. The smallest absolute Gasteiger partial charge is 0.302 e. The highest BCUT2D eigenvalue weighted by molar-refractivity contribution is 5.81. The molecule has 1 fully saturated rings. The van der Waals surface area contributed by atoms with Crippen molar-refractivity contribution in [2.24, 2.45) is 17.8 Å². The molecular weight excluding hydrogens is 524 g/mol. The van der Waals surface area contributed by atoms with Crippen molar-refractivity contribution >= 4 is 17.8 Å². The minimum atomic E-state index is -0.582. The molecule has 1 saturated carbocycles. The molecule has 0 amide bonds. The van der Waals surface area contributed by atoms with Gasteiger partial charge in [0.1, 0.15) is 11.9 Å². The Hall–Kier alpha value is -3.52. The van der Waals surface area contributed by atoms with Crippen molar-refractivity contribution in [3.8, 4) is 23.0 Å². The van der Waals surface area contributed by atoms with E-state index in [-0.39, 0.29) is 54.5 Å². The molecule has 2 aliphatic carbocycles. The van der Waals surface area contributed by atoms with E-state index in [2.05, 4.69) is 12.2 Å². The van der Waals surface area contributed by atoms with Gasteiger partial charge in [0.2, 0.25) is 0 Å². The molecule has 8 heteroatoms. The predicted octanol–water partition coefficient (Wildman–Crippen LogP) is 5.55. The van der Waals surface area contributed by atoms with Crippen molar-refractivity contribution in [2.45, 2.75) is 70.3 Å². The largest absolute Gasteiger partial charge is 0.504 e. The molecule has 4 rings (SSSR count). The molecule has 0 radical (unpaired) electrons. The lowest BCUT2D eigenvalue weighted by atomic mass is 9.65. The summed E-state index contributed by atoms with van der Waals surface area (Å²) in [6.07, 6.45) is 8.73. The van der Waals surface area contributed by atoms with Crippen molar-refractivity contribution < 1.29 is 39.1 Å². The summed E-state index contributed by atoms with van der Waals surface area (Å²) in [7, 11) is 3.00. The lowest BCUT2D eigenvalue weighted by Crippen LogP contribution is -2.31. The van der Waals surface area contributed by atoms with Gasteiger partial charge in [0.05, 0.1) is 14.2 Å². The van der Waals surface area contributed by atoms with Gasteiger partial charge in [-0.2, -0.15) is 0 Å². The number of aryl methyl sites for hydroxylation is 1. The number of hydrogen-bond donors (Lipinski definition) is 3. The average molecular weight is 567 g/mol. The molecule has 3 N–H and O–H groups in total. The van der Waals surface area contributed by atoms with Gasteiger partial charge in [-0.25, -0.2) is 0 Å². The lowest BCUT2D eigenvalue weighted by Gasteiger charge is -2.39. The second-order valence-electron chi connectivity index (χ2n) is 11.4. The maximum absolute atomic E-state index is 13.7. The van der Waals surface area contributed by atoms with E-state index >= 15 is 0 Å². The van der Waals surface area contributed by atoms with E-state index in [1.165, 1.54) is 21.1 Å². The number of benzene rings is 2. The minimum Gasteiger partial charge on any atom is -0.504 e. The number of phenolic OH excluding ortho intramolecular Hbond substituents is 2. The fourth-order valence-electron chi connectivity index (χ4n) is 6.64. The van der Waals surface area contributed by atoms with Crippen LogP contribution in [-0.4, -0.2) is 54.0 Å². The lowest BCUT2D eigenvalue weighted by molar-refractivity contribution is -0.147. The number of carbonyl (C=O) groups excluding carboxylic acids is 2. The van der Waals surface area contributed by atoms with Crippen LogP contribution in [0, 0.1) is 17.8 Å². The van der Waals surface area contributed by atoms with Gasteiger partial charge < -0.3 is 29.5 Å². The van der Waals surface area contributed by atoms with Crippen LogP contribution in [0.1, 0.15) is 74.5 Å². The number of methoxy groups -OCH3 is 2. The van der Waals surface area contributed by atoms with Gasteiger partial charge in [-0.15, -0.1) is 0 Å². The highest BCUT2D eigenvalue weighted by Crippen LogP contribution is 2.50. The van der Waals surface area contributed by atoms with Crippen LogP contribution in [-0.2, 0) is 20.7 Å². The van der Waals surface area contributed by atoms with Crippen molar-refractivity contribution in [1.82, 2.24) is 0 Å². The van der Waals surface area contributed by atoms with E-state index in [0.29, 0.717) is 30.3 Å². The van der Waals surface area contributed by atoms with Crippen LogP contribution in [0.25, 0.3) is 6.08 Å². The maximum atomic E-state index is 13.7. The number of rotatable bonds is 12. The fraction of sp³-hybridized carbons (Fsp3) is 0.515. The second kappa shape index (κ2) is 13.9. The summed E-state index contributed by atoms with van der Waals surface area (Å²) < 4.78 is 16.2. The number of fused-ring (bicyclic) bond motifs is 2. The van der Waals surface area contributed by atoms with Gasteiger partial charge in [-0.05, 0) is 103 Å². The monoisotopic (exact) mass is 566 g/mol. The first-order valence-corrected chi connectivity index (χ1v) is 14.5. The van der Waals surface area contributed by atoms with E-state index in [4.69, 9.17) is 14.2 Å². The van der Waals surface area contributed by atoms with Gasteiger partial charge in [0, 0.05) is 26.4 Å². The minimum absolute atomic E-state index is 0.00691. The van der Waals surface area contributed by atoms with Crippen molar-refractivity contribution in [3.63, 3.8) is 0 Å². The number of esters is 1. The molecule has 0 aromatic heterocycles. The summed E-state index contributed by atoms with van der Waals surface area (Å²) in [6.45, 7) is 1.50. The van der Waals surface area contributed by atoms with Crippen molar-refractivity contribution in [3.05, 3.63) is 53.1 Å². The molecule has 5 atom stereocenters. The molecule has 222 valence electrons. The SMILES string of the molecule is COc1cc(CC[C@H](CC(=O)C[C@@H]2c3cc(OC)c(O)cc3C=C[C@@H]3CC[C@@H](CCO)C[C@@H]32)OC(C)=O)ccc1O. The van der Waals surface area contributed by atoms with E-state index in [1.807, 2.05) is 6.07 Å². The molecule has 2 aromatic carbocycles. The summed E-state index contributed by atoms with van der Waals surface area (Å²) in [5, 5.41) is 30.0. The summed E-state index contributed by atoms with van der Waals surface area (Å²) in [5.41, 5.74) is 2.76. The Bertz CT molecular complexity index is 1250. The molecule has 41 heavy (non-hydrogen) atoms. The summed E-state index contributed by atoms with van der Waals surface area (Å²) in [5.74, 6) is 1.20. The first kappa shape index (κ1) is 30.4. The quantitative estimate of drug-likeness (QED) is 0.286. The van der Waals surface area contributed by atoms with Gasteiger partial charge in [0.25, 0.3) is 0 Å².